The van der Waals surface area contributed by atoms with E-state index in [2.05, 4.69) is 20.9 Å². The largest absolute Gasteiger partial charge is 0.417 e. The topological polar surface area (TPSA) is 73.5 Å². The van der Waals surface area contributed by atoms with E-state index in [0.29, 0.717) is 6.54 Å². The van der Waals surface area contributed by atoms with E-state index in [1.165, 1.54) is 12.1 Å². The van der Waals surface area contributed by atoms with Gasteiger partial charge in [-0.2, -0.15) is 13.2 Å². The van der Waals surface area contributed by atoms with Crippen molar-refractivity contribution in [3.8, 4) is 0 Å². The molecule has 0 radical (unpaired) electrons. The first-order valence-electron chi connectivity index (χ1n) is 8.52. The normalized spacial score (nSPS) is 15.5. The molecule has 6 nitrogen and oxygen atoms in total. The number of hydrogen-bond donors (Lipinski definition) is 3. The molecule has 0 unspecified atom stereocenters. The van der Waals surface area contributed by atoms with Gasteiger partial charge in [0.15, 0.2) is 0 Å². The average Bonchev–Trinajstić information content (AvgIpc) is 2.63. The second-order valence-electron chi connectivity index (χ2n) is 6.02. The highest BCUT2D eigenvalue weighted by atomic mass is 19.4. The molecule has 0 saturated carbocycles. The van der Waals surface area contributed by atoms with E-state index in [0.717, 1.165) is 51.3 Å². The predicted molar refractivity (Wildman–Crippen MR) is 90.7 cm³/mol. The number of carbonyl (C=O) groups excluding carboxylic acids is 2. The fraction of sp³-hybridized carbons (Fsp3) is 0.529. The molecule has 0 aliphatic carbocycles. The number of rotatable bonds is 7. The molecule has 0 atom stereocenters. The highest BCUT2D eigenvalue weighted by Gasteiger charge is 2.34. The first-order valence-corrected chi connectivity index (χ1v) is 8.52. The number of halogens is 3. The summed E-state index contributed by atoms with van der Waals surface area (Å²) in [5.74, 6) is -1.35. The predicted octanol–water partition coefficient (Wildman–Crippen LogP) is 0.847. The molecule has 1 aromatic carbocycles. The third-order valence-electron chi connectivity index (χ3n) is 4.07. The monoisotopic (exact) mass is 372 g/mol. The Morgan fingerprint density at radius 1 is 1.12 bits per heavy atom. The molecule has 2 amide bonds. The molecule has 26 heavy (non-hydrogen) atoms. The van der Waals surface area contributed by atoms with Gasteiger partial charge < -0.3 is 20.9 Å². The van der Waals surface area contributed by atoms with Gasteiger partial charge in [0.05, 0.1) is 17.7 Å². The number of amides is 2. The lowest BCUT2D eigenvalue weighted by Crippen LogP contribution is -2.44. The van der Waals surface area contributed by atoms with Crippen LogP contribution in [0.25, 0.3) is 0 Å². The van der Waals surface area contributed by atoms with Crippen molar-refractivity contribution in [2.75, 3.05) is 45.8 Å². The van der Waals surface area contributed by atoms with E-state index >= 15 is 0 Å². The van der Waals surface area contributed by atoms with Crippen LogP contribution in [0.4, 0.5) is 13.2 Å². The zero-order chi connectivity index (χ0) is 19.0. The highest BCUT2D eigenvalue weighted by Crippen LogP contribution is 2.31. The van der Waals surface area contributed by atoms with Crippen LogP contribution in [0, 0.1) is 0 Å². The van der Waals surface area contributed by atoms with Crippen LogP contribution in [0.15, 0.2) is 24.3 Å². The molecule has 2 rings (SSSR count). The molecule has 1 aliphatic rings. The van der Waals surface area contributed by atoms with Gasteiger partial charge in [-0.1, -0.05) is 12.1 Å². The van der Waals surface area contributed by atoms with E-state index in [-0.39, 0.29) is 6.54 Å². The molecule has 1 heterocycles. The van der Waals surface area contributed by atoms with Crippen molar-refractivity contribution in [2.24, 2.45) is 0 Å². The van der Waals surface area contributed by atoms with Crippen molar-refractivity contribution in [1.82, 2.24) is 20.9 Å². The van der Waals surface area contributed by atoms with Crippen molar-refractivity contribution < 1.29 is 22.8 Å². The number of benzene rings is 1. The maximum Gasteiger partial charge on any atom is 0.417 e. The minimum absolute atomic E-state index is 0.362. The Labute approximate surface area is 150 Å². The maximum atomic E-state index is 12.9. The smallest absolute Gasteiger partial charge is 0.355 e. The zero-order valence-corrected chi connectivity index (χ0v) is 14.4. The summed E-state index contributed by atoms with van der Waals surface area (Å²) in [5, 5.41) is 8.14. The molecule has 1 saturated heterocycles. The quantitative estimate of drug-likeness (QED) is 0.621. The standard InChI is InChI=1S/C17H23F3N4O2/c18-17(19,20)14-5-2-1-4-13(14)16(26)23-12-15(25)22-6-3-9-24-10-7-21-8-11-24/h1-2,4-5,21H,3,6-12H2,(H,22,25)(H,23,26). The molecule has 1 aliphatic heterocycles. The Kier molecular flexibility index (Phi) is 7.40. The fourth-order valence-electron chi connectivity index (χ4n) is 2.71. The lowest BCUT2D eigenvalue weighted by molar-refractivity contribution is -0.137. The van der Waals surface area contributed by atoms with Crippen molar-refractivity contribution in [1.29, 1.82) is 0 Å². The van der Waals surface area contributed by atoms with Crippen molar-refractivity contribution in [3.05, 3.63) is 35.4 Å². The summed E-state index contributed by atoms with van der Waals surface area (Å²) >= 11 is 0. The van der Waals surface area contributed by atoms with Crippen LogP contribution in [0.5, 0.6) is 0 Å². The van der Waals surface area contributed by atoms with Crippen LogP contribution in [0.3, 0.4) is 0 Å². The summed E-state index contributed by atoms with van der Waals surface area (Å²) < 4.78 is 38.7. The SMILES string of the molecule is O=C(CNC(=O)c1ccccc1C(F)(F)F)NCCCN1CCNCC1. The summed E-state index contributed by atoms with van der Waals surface area (Å²) in [6.45, 7) is 4.82. The minimum Gasteiger partial charge on any atom is -0.355 e. The zero-order valence-electron chi connectivity index (χ0n) is 14.4. The second-order valence-corrected chi connectivity index (χ2v) is 6.02. The van der Waals surface area contributed by atoms with Gasteiger partial charge in [0, 0.05) is 32.7 Å². The molecule has 3 N–H and O–H groups in total. The molecular formula is C17H23F3N4O2. The Hall–Kier alpha value is -2.13. The number of alkyl halides is 3. The lowest BCUT2D eigenvalue weighted by atomic mass is 10.1. The van der Waals surface area contributed by atoms with Crippen LogP contribution in [0.1, 0.15) is 22.3 Å². The van der Waals surface area contributed by atoms with Crippen molar-refractivity contribution in [2.45, 2.75) is 12.6 Å². The number of piperazine rings is 1. The fourth-order valence-corrected chi connectivity index (χ4v) is 2.71. The van der Waals surface area contributed by atoms with E-state index in [9.17, 15) is 22.8 Å². The molecular weight excluding hydrogens is 349 g/mol. The van der Waals surface area contributed by atoms with Crippen molar-refractivity contribution >= 4 is 11.8 Å². The first kappa shape index (κ1) is 20.2. The van der Waals surface area contributed by atoms with Crippen LogP contribution < -0.4 is 16.0 Å². The summed E-state index contributed by atoms with van der Waals surface area (Å²) in [6.07, 6.45) is -3.85. The van der Waals surface area contributed by atoms with Gasteiger partial charge in [-0.3, -0.25) is 9.59 Å². The van der Waals surface area contributed by atoms with Crippen LogP contribution >= 0.6 is 0 Å². The van der Waals surface area contributed by atoms with Gasteiger partial charge in [0.1, 0.15) is 0 Å². The third-order valence-corrected chi connectivity index (χ3v) is 4.07. The highest BCUT2D eigenvalue weighted by molar-refractivity contribution is 5.97. The maximum absolute atomic E-state index is 12.9. The van der Waals surface area contributed by atoms with Crippen LogP contribution in [-0.4, -0.2) is 62.5 Å². The molecule has 1 aromatic rings. The molecule has 0 spiro atoms. The summed E-state index contributed by atoms with van der Waals surface area (Å²) in [6, 6.07) is 4.49. The summed E-state index contributed by atoms with van der Waals surface area (Å²) in [7, 11) is 0. The number of nitrogens with zero attached hydrogens (tertiary/aromatic N) is 1. The number of carbonyl (C=O) groups is 2. The summed E-state index contributed by atoms with van der Waals surface area (Å²) in [5.41, 5.74) is -1.51. The molecule has 0 bridgehead atoms. The van der Waals surface area contributed by atoms with Gasteiger partial charge >= 0.3 is 6.18 Å². The average molecular weight is 372 g/mol. The van der Waals surface area contributed by atoms with Gasteiger partial charge in [0.25, 0.3) is 5.91 Å². The molecule has 144 valence electrons. The lowest BCUT2D eigenvalue weighted by Gasteiger charge is -2.27. The van der Waals surface area contributed by atoms with E-state index in [4.69, 9.17) is 0 Å². The minimum atomic E-state index is -4.62. The third kappa shape index (κ3) is 6.30. The van der Waals surface area contributed by atoms with E-state index in [1.54, 1.807) is 0 Å². The Balaban J connectivity index is 1.71. The van der Waals surface area contributed by atoms with E-state index < -0.39 is 29.1 Å². The molecule has 1 fully saturated rings. The van der Waals surface area contributed by atoms with Gasteiger partial charge in [-0.25, -0.2) is 0 Å². The molecule has 0 aromatic heterocycles. The Morgan fingerprint density at radius 3 is 2.50 bits per heavy atom. The van der Waals surface area contributed by atoms with Crippen LogP contribution in [0.2, 0.25) is 0 Å². The molecule has 9 heteroatoms. The number of nitrogens with one attached hydrogen (secondary N) is 3. The van der Waals surface area contributed by atoms with E-state index in [1.807, 2.05) is 0 Å². The van der Waals surface area contributed by atoms with Gasteiger partial charge in [-0.05, 0) is 25.1 Å². The second kappa shape index (κ2) is 9.54. The number of hydrogen-bond acceptors (Lipinski definition) is 4. The van der Waals surface area contributed by atoms with Crippen LogP contribution in [-0.2, 0) is 11.0 Å². The summed E-state index contributed by atoms with van der Waals surface area (Å²) in [4.78, 5) is 26.0. The van der Waals surface area contributed by atoms with Gasteiger partial charge in [-0.15, -0.1) is 0 Å². The van der Waals surface area contributed by atoms with Crippen molar-refractivity contribution in [3.63, 3.8) is 0 Å². The van der Waals surface area contributed by atoms with Gasteiger partial charge in [0.2, 0.25) is 5.91 Å². The Bertz CT molecular complexity index is 616. The first-order chi connectivity index (χ1) is 12.4. The Morgan fingerprint density at radius 2 is 1.81 bits per heavy atom.